The standard InChI is InChI=1S/C15H24N2O/c1-13(10-11-16)15(18)17(2)12-6-9-14-7-4-3-5-8-14/h3-5,7-8,13H,6,9-12,16H2,1-2H3. The second-order valence-corrected chi connectivity index (χ2v) is 4.83. The van der Waals surface area contributed by atoms with Crippen LogP contribution in [0.1, 0.15) is 25.3 Å². The topological polar surface area (TPSA) is 46.3 Å². The smallest absolute Gasteiger partial charge is 0.225 e. The van der Waals surface area contributed by atoms with Crippen molar-refractivity contribution >= 4 is 5.91 Å². The van der Waals surface area contributed by atoms with Crippen LogP contribution in [0.25, 0.3) is 0 Å². The number of nitrogens with two attached hydrogens (primary N) is 1. The summed E-state index contributed by atoms with van der Waals surface area (Å²) in [5.74, 6) is 0.241. The van der Waals surface area contributed by atoms with Crippen LogP contribution in [-0.2, 0) is 11.2 Å². The van der Waals surface area contributed by atoms with Crippen LogP contribution in [0.4, 0.5) is 0 Å². The molecule has 0 fully saturated rings. The molecule has 1 aromatic carbocycles. The van der Waals surface area contributed by atoms with E-state index in [4.69, 9.17) is 5.73 Å². The highest BCUT2D eigenvalue weighted by Crippen LogP contribution is 2.07. The van der Waals surface area contributed by atoms with Gasteiger partial charge in [-0.15, -0.1) is 0 Å². The predicted octanol–water partition coefficient (Wildman–Crippen LogP) is 2.06. The molecule has 1 aromatic rings. The van der Waals surface area contributed by atoms with Gasteiger partial charge < -0.3 is 10.6 Å². The van der Waals surface area contributed by atoms with Gasteiger partial charge in [0.05, 0.1) is 0 Å². The van der Waals surface area contributed by atoms with Gasteiger partial charge in [-0.3, -0.25) is 4.79 Å². The molecule has 1 amide bonds. The Morgan fingerprint density at radius 3 is 2.61 bits per heavy atom. The Morgan fingerprint density at radius 1 is 1.33 bits per heavy atom. The molecule has 0 saturated heterocycles. The third kappa shape index (κ3) is 4.88. The van der Waals surface area contributed by atoms with Crippen LogP contribution in [0.5, 0.6) is 0 Å². The number of aryl methyl sites for hydroxylation is 1. The number of hydrogen-bond donors (Lipinski definition) is 1. The maximum Gasteiger partial charge on any atom is 0.225 e. The van der Waals surface area contributed by atoms with Crippen LogP contribution < -0.4 is 5.73 Å². The van der Waals surface area contributed by atoms with Gasteiger partial charge in [0.1, 0.15) is 0 Å². The Morgan fingerprint density at radius 2 is 2.00 bits per heavy atom. The van der Waals surface area contributed by atoms with Gasteiger partial charge >= 0.3 is 0 Å². The molecule has 3 heteroatoms. The number of hydrogen-bond acceptors (Lipinski definition) is 2. The first-order valence-electron chi connectivity index (χ1n) is 6.64. The Bertz CT molecular complexity index is 351. The lowest BCUT2D eigenvalue weighted by atomic mass is 10.1. The highest BCUT2D eigenvalue weighted by atomic mass is 16.2. The maximum absolute atomic E-state index is 11.9. The summed E-state index contributed by atoms with van der Waals surface area (Å²) in [5, 5.41) is 0. The molecular weight excluding hydrogens is 224 g/mol. The summed E-state index contributed by atoms with van der Waals surface area (Å²) in [6, 6.07) is 10.4. The van der Waals surface area contributed by atoms with Crippen molar-refractivity contribution in [2.45, 2.75) is 26.2 Å². The fourth-order valence-corrected chi connectivity index (χ4v) is 2.02. The van der Waals surface area contributed by atoms with Gasteiger partial charge in [0, 0.05) is 19.5 Å². The molecule has 0 saturated carbocycles. The van der Waals surface area contributed by atoms with Gasteiger partial charge in [-0.2, -0.15) is 0 Å². The van der Waals surface area contributed by atoms with Crippen molar-refractivity contribution in [3.8, 4) is 0 Å². The van der Waals surface area contributed by atoms with Gasteiger partial charge in [0.25, 0.3) is 0 Å². The van der Waals surface area contributed by atoms with Crippen LogP contribution >= 0.6 is 0 Å². The number of benzene rings is 1. The average Bonchev–Trinajstić information content (AvgIpc) is 2.39. The number of rotatable bonds is 7. The molecule has 0 aliphatic heterocycles. The second kappa shape index (κ2) is 7.88. The highest BCUT2D eigenvalue weighted by molar-refractivity contribution is 5.78. The van der Waals surface area contributed by atoms with E-state index in [0.29, 0.717) is 6.54 Å². The molecule has 0 aromatic heterocycles. The quantitative estimate of drug-likeness (QED) is 0.803. The van der Waals surface area contributed by atoms with Crippen LogP contribution in [0.2, 0.25) is 0 Å². The lowest BCUT2D eigenvalue weighted by Crippen LogP contribution is -2.33. The zero-order valence-electron chi connectivity index (χ0n) is 11.4. The molecule has 0 heterocycles. The van der Waals surface area contributed by atoms with Crippen molar-refractivity contribution in [1.82, 2.24) is 4.90 Å². The van der Waals surface area contributed by atoms with Gasteiger partial charge in [-0.05, 0) is 31.4 Å². The zero-order valence-corrected chi connectivity index (χ0v) is 11.4. The van der Waals surface area contributed by atoms with Gasteiger partial charge in [-0.1, -0.05) is 37.3 Å². The van der Waals surface area contributed by atoms with E-state index in [1.807, 2.05) is 37.1 Å². The minimum atomic E-state index is 0.0386. The fourth-order valence-electron chi connectivity index (χ4n) is 2.02. The monoisotopic (exact) mass is 248 g/mol. The molecule has 3 nitrogen and oxygen atoms in total. The molecule has 100 valence electrons. The summed E-state index contributed by atoms with van der Waals surface area (Å²) in [6.07, 6.45) is 2.78. The van der Waals surface area contributed by atoms with E-state index in [-0.39, 0.29) is 11.8 Å². The van der Waals surface area contributed by atoms with E-state index in [1.54, 1.807) is 0 Å². The Kier molecular flexibility index (Phi) is 6.44. The maximum atomic E-state index is 11.9. The van der Waals surface area contributed by atoms with Crippen molar-refractivity contribution < 1.29 is 4.79 Å². The summed E-state index contributed by atoms with van der Waals surface area (Å²) in [6.45, 7) is 3.33. The van der Waals surface area contributed by atoms with Crippen molar-refractivity contribution in [1.29, 1.82) is 0 Å². The average molecular weight is 248 g/mol. The Labute approximate surface area is 110 Å². The van der Waals surface area contributed by atoms with Crippen LogP contribution in [0.3, 0.4) is 0 Å². The first kappa shape index (κ1) is 14.7. The molecular formula is C15H24N2O. The molecule has 18 heavy (non-hydrogen) atoms. The van der Waals surface area contributed by atoms with E-state index < -0.39 is 0 Å². The molecule has 1 unspecified atom stereocenters. The first-order valence-corrected chi connectivity index (χ1v) is 6.64. The molecule has 2 N–H and O–H groups in total. The largest absolute Gasteiger partial charge is 0.346 e. The van der Waals surface area contributed by atoms with Gasteiger partial charge in [0.15, 0.2) is 0 Å². The molecule has 0 aliphatic carbocycles. The SMILES string of the molecule is CC(CCN)C(=O)N(C)CCCc1ccccc1. The molecule has 0 bridgehead atoms. The summed E-state index contributed by atoms with van der Waals surface area (Å²) in [7, 11) is 1.88. The minimum Gasteiger partial charge on any atom is -0.346 e. The van der Waals surface area contributed by atoms with Crippen molar-refractivity contribution in [3.63, 3.8) is 0 Å². The van der Waals surface area contributed by atoms with E-state index >= 15 is 0 Å². The lowest BCUT2D eigenvalue weighted by molar-refractivity contribution is -0.133. The van der Waals surface area contributed by atoms with Gasteiger partial charge in [0.2, 0.25) is 5.91 Å². The van der Waals surface area contributed by atoms with E-state index in [2.05, 4.69) is 12.1 Å². The van der Waals surface area contributed by atoms with Crippen molar-refractivity contribution in [2.24, 2.45) is 11.7 Å². The molecule has 0 aliphatic rings. The lowest BCUT2D eigenvalue weighted by Gasteiger charge is -2.21. The molecule has 0 spiro atoms. The molecule has 1 rings (SSSR count). The van der Waals surface area contributed by atoms with Crippen LogP contribution in [0, 0.1) is 5.92 Å². The van der Waals surface area contributed by atoms with E-state index in [1.165, 1.54) is 5.56 Å². The van der Waals surface area contributed by atoms with Crippen LogP contribution in [0.15, 0.2) is 30.3 Å². The number of nitrogens with zero attached hydrogens (tertiary/aromatic N) is 1. The summed E-state index contributed by atoms with van der Waals surface area (Å²) >= 11 is 0. The summed E-state index contributed by atoms with van der Waals surface area (Å²) in [5.41, 5.74) is 6.80. The first-order chi connectivity index (χ1) is 8.65. The number of carbonyl (C=O) groups is 1. The number of carbonyl (C=O) groups excluding carboxylic acids is 1. The molecule has 0 radical (unpaired) electrons. The third-order valence-electron chi connectivity index (χ3n) is 3.20. The summed E-state index contributed by atoms with van der Waals surface area (Å²) in [4.78, 5) is 13.8. The van der Waals surface area contributed by atoms with E-state index in [9.17, 15) is 4.79 Å². The summed E-state index contributed by atoms with van der Waals surface area (Å²) < 4.78 is 0. The Balaban J connectivity index is 2.28. The second-order valence-electron chi connectivity index (χ2n) is 4.83. The van der Waals surface area contributed by atoms with E-state index in [0.717, 1.165) is 25.8 Å². The number of amides is 1. The van der Waals surface area contributed by atoms with Crippen molar-refractivity contribution in [2.75, 3.05) is 20.1 Å². The van der Waals surface area contributed by atoms with Crippen molar-refractivity contribution in [3.05, 3.63) is 35.9 Å². The van der Waals surface area contributed by atoms with Crippen LogP contribution in [-0.4, -0.2) is 30.9 Å². The Hall–Kier alpha value is -1.35. The van der Waals surface area contributed by atoms with Gasteiger partial charge in [-0.25, -0.2) is 0 Å². The fraction of sp³-hybridized carbons (Fsp3) is 0.533. The third-order valence-corrected chi connectivity index (χ3v) is 3.20. The predicted molar refractivity (Wildman–Crippen MR) is 75.2 cm³/mol. The highest BCUT2D eigenvalue weighted by Gasteiger charge is 2.15. The minimum absolute atomic E-state index is 0.0386. The molecule has 1 atom stereocenters. The zero-order chi connectivity index (χ0) is 13.4. The normalized spacial score (nSPS) is 12.2.